The van der Waals surface area contributed by atoms with Crippen LogP contribution in [0.1, 0.15) is 20.3 Å². The molecule has 1 saturated heterocycles. The number of ketones is 1. The molecule has 1 atom stereocenters. The second-order valence-electron chi connectivity index (χ2n) is 8.52. The summed E-state index contributed by atoms with van der Waals surface area (Å²) in [6, 6.07) is 2.21. The number of esters is 1. The maximum absolute atomic E-state index is 15.0. The predicted molar refractivity (Wildman–Crippen MR) is 120 cm³/mol. The molecule has 1 fully saturated rings. The zero-order valence-electron chi connectivity index (χ0n) is 19.4. The Balaban J connectivity index is 1.52. The molecule has 36 heavy (non-hydrogen) atoms. The Bertz CT molecular complexity index is 1190. The van der Waals surface area contributed by atoms with E-state index in [-0.39, 0.29) is 44.5 Å². The molecule has 2 aliphatic heterocycles. The van der Waals surface area contributed by atoms with Gasteiger partial charge in [-0.3, -0.25) is 14.5 Å². The van der Waals surface area contributed by atoms with Gasteiger partial charge in [0, 0.05) is 31.3 Å². The quantitative estimate of drug-likeness (QED) is 0.301. The third-order valence-corrected chi connectivity index (χ3v) is 5.61. The molecule has 0 spiro atoms. The van der Waals surface area contributed by atoms with Crippen LogP contribution in [-0.2, 0) is 19.1 Å². The highest BCUT2D eigenvalue weighted by molar-refractivity contribution is 5.92. The Kier molecular flexibility index (Phi) is 7.17. The standard InChI is InChI=1S/C23H23F3N4O6/c1-13(2)22(32)34-12-29(18-5-8-35-27-18)10-15-11-30(23(33)36-15)17-9-16(24)21(20(26)19(17)25)28-6-3-14(31)4-7-28/h3,5-6,8-9,13,15H,4,7,10-12H2,1-2H3/t15-/m0/s1. The van der Waals surface area contributed by atoms with E-state index in [4.69, 9.17) is 14.0 Å². The van der Waals surface area contributed by atoms with Gasteiger partial charge in [-0.05, 0) is 6.08 Å². The van der Waals surface area contributed by atoms with E-state index in [1.807, 2.05) is 0 Å². The summed E-state index contributed by atoms with van der Waals surface area (Å²) in [4.78, 5) is 39.1. The van der Waals surface area contributed by atoms with E-state index in [9.17, 15) is 27.6 Å². The number of halogens is 3. The Morgan fingerprint density at radius 2 is 2.06 bits per heavy atom. The van der Waals surface area contributed by atoms with Crippen LogP contribution in [0, 0.1) is 23.4 Å². The summed E-state index contributed by atoms with van der Waals surface area (Å²) in [6.07, 6.45) is 1.76. The van der Waals surface area contributed by atoms with E-state index in [1.54, 1.807) is 13.8 Å². The third-order valence-electron chi connectivity index (χ3n) is 5.61. The second kappa shape index (κ2) is 10.3. The van der Waals surface area contributed by atoms with Crippen LogP contribution in [0.5, 0.6) is 0 Å². The molecule has 10 nitrogen and oxygen atoms in total. The van der Waals surface area contributed by atoms with Crippen molar-refractivity contribution in [3.05, 3.63) is 48.1 Å². The van der Waals surface area contributed by atoms with Gasteiger partial charge in [0.2, 0.25) is 0 Å². The van der Waals surface area contributed by atoms with Crippen molar-refractivity contribution in [3.63, 3.8) is 0 Å². The maximum atomic E-state index is 15.0. The summed E-state index contributed by atoms with van der Waals surface area (Å²) in [5, 5.41) is 3.79. The van der Waals surface area contributed by atoms with E-state index in [0.717, 1.165) is 15.9 Å². The number of carbonyl (C=O) groups is 3. The maximum Gasteiger partial charge on any atom is 0.414 e. The number of carbonyl (C=O) groups excluding carboxylic acids is 3. The number of rotatable bonds is 8. The Morgan fingerprint density at radius 1 is 1.28 bits per heavy atom. The van der Waals surface area contributed by atoms with Crippen molar-refractivity contribution in [1.82, 2.24) is 5.16 Å². The fraction of sp³-hybridized carbons (Fsp3) is 0.391. The molecule has 0 radical (unpaired) electrons. The van der Waals surface area contributed by atoms with Gasteiger partial charge in [-0.15, -0.1) is 0 Å². The first-order valence-corrected chi connectivity index (χ1v) is 11.1. The Hall–Kier alpha value is -4.03. The molecule has 1 aromatic heterocycles. The van der Waals surface area contributed by atoms with Gasteiger partial charge in [0.1, 0.15) is 18.1 Å². The topological polar surface area (TPSA) is 105 Å². The summed E-state index contributed by atoms with van der Waals surface area (Å²) in [6.45, 7) is 2.82. The first kappa shape index (κ1) is 25.1. The molecule has 2 aromatic rings. The monoisotopic (exact) mass is 508 g/mol. The van der Waals surface area contributed by atoms with Crippen LogP contribution in [0.15, 0.2) is 35.2 Å². The van der Waals surface area contributed by atoms with Crippen molar-refractivity contribution in [1.29, 1.82) is 0 Å². The van der Waals surface area contributed by atoms with Crippen LogP contribution in [0.2, 0.25) is 0 Å². The fourth-order valence-corrected chi connectivity index (χ4v) is 3.73. The smallest absolute Gasteiger partial charge is 0.414 e. The number of hydrogen-bond donors (Lipinski definition) is 0. The molecular weight excluding hydrogens is 485 g/mol. The lowest BCUT2D eigenvalue weighted by molar-refractivity contribution is -0.147. The lowest BCUT2D eigenvalue weighted by atomic mass is 10.1. The van der Waals surface area contributed by atoms with Crippen LogP contribution in [-0.4, -0.2) is 55.5 Å². The van der Waals surface area contributed by atoms with Crippen LogP contribution >= 0.6 is 0 Å². The Labute approximate surface area is 203 Å². The SMILES string of the molecule is CC(C)C(=O)OCN(C[C@H]1CN(c2cc(F)c(N3C=CC(=O)CC3)c(F)c2F)C(=O)O1)c1ccon1. The molecule has 1 aromatic carbocycles. The summed E-state index contributed by atoms with van der Waals surface area (Å²) >= 11 is 0. The highest BCUT2D eigenvalue weighted by Crippen LogP contribution is 2.35. The lowest BCUT2D eigenvalue weighted by Crippen LogP contribution is -2.38. The first-order chi connectivity index (χ1) is 17.2. The van der Waals surface area contributed by atoms with E-state index >= 15 is 0 Å². The van der Waals surface area contributed by atoms with Gasteiger partial charge in [0.25, 0.3) is 0 Å². The minimum absolute atomic E-state index is 0.0188. The average Bonchev–Trinajstić information content (AvgIpc) is 3.50. The van der Waals surface area contributed by atoms with Gasteiger partial charge in [0.05, 0.1) is 24.7 Å². The zero-order valence-corrected chi connectivity index (χ0v) is 19.4. The zero-order chi connectivity index (χ0) is 26.0. The van der Waals surface area contributed by atoms with Gasteiger partial charge >= 0.3 is 12.1 Å². The number of aromatic nitrogens is 1. The number of nitrogens with zero attached hydrogens (tertiary/aromatic N) is 4. The van der Waals surface area contributed by atoms with Crippen LogP contribution in [0.25, 0.3) is 0 Å². The highest BCUT2D eigenvalue weighted by Gasteiger charge is 2.37. The number of benzene rings is 1. The number of allylic oxidation sites excluding steroid dienone is 1. The largest absolute Gasteiger partial charge is 0.444 e. The van der Waals surface area contributed by atoms with Crippen molar-refractivity contribution in [3.8, 4) is 0 Å². The highest BCUT2D eigenvalue weighted by atomic mass is 19.2. The molecule has 1 amide bonds. The van der Waals surface area contributed by atoms with Crippen LogP contribution in [0.4, 0.5) is 35.2 Å². The molecular formula is C23H23F3N4O6. The molecule has 2 aliphatic rings. The molecule has 0 aliphatic carbocycles. The number of cyclic esters (lactones) is 1. The van der Waals surface area contributed by atoms with Crippen molar-refractivity contribution in [2.75, 3.05) is 41.1 Å². The number of ether oxygens (including phenoxy) is 2. The van der Waals surface area contributed by atoms with E-state index in [1.165, 1.54) is 23.4 Å². The van der Waals surface area contributed by atoms with E-state index in [2.05, 4.69) is 5.16 Å². The number of amides is 1. The molecule has 0 bridgehead atoms. The van der Waals surface area contributed by atoms with E-state index in [0.29, 0.717) is 11.9 Å². The van der Waals surface area contributed by atoms with Crippen molar-refractivity contribution < 1.29 is 41.6 Å². The van der Waals surface area contributed by atoms with Crippen LogP contribution < -0.4 is 14.7 Å². The van der Waals surface area contributed by atoms with Crippen molar-refractivity contribution in [2.45, 2.75) is 26.4 Å². The molecule has 0 saturated carbocycles. The minimum atomic E-state index is -1.50. The molecule has 13 heteroatoms. The van der Waals surface area contributed by atoms with E-state index < -0.39 is 47.0 Å². The van der Waals surface area contributed by atoms with Gasteiger partial charge in [-0.2, -0.15) is 0 Å². The molecule has 192 valence electrons. The minimum Gasteiger partial charge on any atom is -0.444 e. The average molecular weight is 508 g/mol. The summed E-state index contributed by atoms with van der Waals surface area (Å²) in [7, 11) is 0. The lowest BCUT2D eigenvalue weighted by Gasteiger charge is -2.25. The number of hydrogen-bond acceptors (Lipinski definition) is 9. The van der Waals surface area contributed by atoms with Gasteiger partial charge in [-0.25, -0.2) is 18.0 Å². The molecule has 3 heterocycles. The van der Waals surface area contributed by atoms with Gasteiger partial charge in [0.15, 0.2) is 35.8 Å². The first-order valence-electron chi connectivity index (χ1n) is 11.1. The molecule has 0 N–H and O–H groups in total. The fourth-order valence-electron chi connectivity index (χ4n) is 3.73. The molecule has 0 unspecified atom stereocenters. The summed E-state index contributed by atoms with van der Waals surface area (Å²) in [5.41, 5.74) is -1.29. The van der Waals surface area contributed by atoms with Gasteiger partial charge < -0.3 is 23.8 Å². The molecule has 4 rings (SSSR count). The summed E-state index contributed by atoms with van der Waals surface area (Å²) < 4.78 is 60.1. The van der Waals surface area contributed by atoms with Crippen LogP contribution in [0.3, 0.4) is 0 Å². The van der Waals surface area contributed by atoms with Gasteiger partial charge in [-0.1, -0.05) is 19.0 Å². The predicted octanol–water partition coefficient (Wildman–Crippen LogP) is 3.37. The summed E-state index contributed by atoms with van der Waals surface area (Å²) in [5.74, 6) is -4.80. The second-order valence-corrected chi connectivity index (χ2v) is 8.52. The van der Waals surface area contributed by atoms with Crippen molar-refractivity contribution >= 4 is 35.0 Å². The van der Waals surface area contributed by atoms with Crippen molar-refractivity contribution in [2.24, 2.45) is 5.92 Å². The normalized spacial score (nSPS) is 17.7. The third kappa shape index (κ3) is 5.14. The number of anilines is 3. The Morgan fingerprint density at radius 3 is 2.69 bits per heavy atom.